The second kappa shape index (κ2) is 5.73. The predicted octanol–water partition coefficient (Wildman–Crippen LogP) is 0.968. The normalized spacial score (nSPS) is 29.2. The summed E-state index contributed by atoms with van der Waals surface area (Å²) in [5, 5.41) is 11.1. The highest BCUT2D eigenvalue weighted by molar-refractivity contribution is 7.91. The maximum Gasteiger partial charge on any atom is 0.252 e. The first kappa shape index (κ1) is 14.5. The van der Waals surface area contributed by atoms with E-state index in [1.54, 1.807) is 21.8 Å². The van der Waals surface area contributed by atoms with E-state index in [4.69, 9.17) is 0 Å². The molecule has 0 radical (unpaired) electrons. The molecule has 3 rings (SSSR count). The summed E-state index contributed by atoms with van der Waals surface area (Å²) in [7, 11) is -3.34. The molecule has 2 aliphatic heterocycles. The van der Waals surface area contributed by atoms with Crippen LogP contribution >= 0.6 is 11.3 Å². The Morgan fingerprint density at radius 3 is 2.85 bits per heavy atom. The molecule has 112 valence electrons. The lowest BCUT2D eigenvalue weighted by molar-refractivity contribution is -0.0306. The number of sulfonamides is 1. The molecule has 0 aromatic carbocycles. The van der Waals surface area contributed by atoms with Gasteiger partial charge in [0, 0.05) is 25.2 Å². The molecule has 20 heavy (non-hydrogen) atoms. The molecule has 1 aromatic rings. The van der Waals surface area contributed by atoms with Gasteiger partial charge in [-0.3, -0.25) is 4.90 Å². The van der Waals surface area contributed by atoms with E-state index in [0.717, 1.165) is 25.8 Å². The number of rotatable bonds is 3. The van der Waals surface area contributed by atoms with Gasteiger partial charge in [-0.05, 0) is 37.3 Å². The lowest BCUT2D eigenvalue weighted by atomic mass is 9.92. The lowest BCUT2D eigenvalue weighted by Gasteiger charge is -2.50. The Morgan fingerprint density at radius 1 is 1.35 bits per heavy atom. The molecule has 0 unspecified atom stereocenters. The molecule has 2 fully saturated rings. The fraction of sp³-hybridized carbons (Fsp3) is 0.692. The van der Waals surface area contributed by atoms with Gasteiger partial charge < -0.3 is 5.11 Å². The average Bonchev–Trinajstić information content (AvgIpc) is 2.92. The summed E-state index contributed by atoms with van der Waals surface area (Å²) >= 11 is 1.28. The van der Waals surface area contributed by atoms with Crippen molar-refractivity contribution in [2.45, 2.75) is 35.6 Å². The minimum Gasteiger partial charge on any atom is -0.395 e. The van der Waals surface area contributed by atoms with E-state index in [2.05, 4.69) is 4.90 Å². The van der Waals surface area contributed by atoms with Crippen LogP contribution in [-0.4, -0.2) is 61.1 Å². The number of aliphatic hydroxyl groups is 1. The summed E-state index contributed by atoms with van der Waals surface area (Å²) in [6.45, 7) is 2.31. The van der Waals surface area contributed by atoms with Crippen LogP contribution in [0.15, 0.2) is 21.7 Å². The summed E-state index contributed by atoms with van der Waals surface area (Å²) in [6.07, 6.45) is 2.77. The van der Waals surface area contributed by atoms with Gasteiger partial charge in [0.05, 0.1) is 6.61 Å². The first-order chi connectivity index (χ1) is 9.63. The van der Waals surface area contributed by atoms with Crippen molar-refractivity contribution in [3.63, 3.8) is 0 Å². The Kier molecular flexibility index (Phi) is 4.14. The van der Waals surface area contributed by atoms with Crippen LogP contribution in [0.1, 0.15) is 19.3 Å². The van der Waals surface area contributed by atoms with Crippen LogP contribution < -0.4 is 0 Å². The third-order valence-corrected chi connectivity index (χ3v) is 7.51. The van der Waals surface area contributed by atoms with Gasteiger partial charge in [-0.15, -0.1) is 11.3 Å². The molecular weight excluding hydrogens is 296 g/mol. The molecule has 0 spiro atoms. The minimum absolute atomic E-state index is 0.175. The third kappa shape index (κ3) is 2.53. The van der Waals surface area contributed by atoms with Crippen LogP contribution in [0.4, 0.5) is 0 Å². The van der Waals surface area contributed by atoms with Crippen LogP contribution in [0.5, 0.6) is 0 Å². The highest BCUT2D eigenvalue weighted by Gasteiger charge is 2.41. The third-order valence-electron chi connectivity index (χ3n) is 4.27. The predicted molar refractivity (Wildman–Crippen MR) is 78.3 cm³/mol. The van der Waals surface area contributed by atoms with Gasteiger partial charge in [0.25, 0.3) is 10.0 Å². The summed E-state index contributed by atoms with van der Waals surface area (Å²) < 4.78 is 27.3. The second-order valence-corrected chi connectivity index (χ2v) is 8.58. The standard InChI is InChI=1S/C13H20N2O3S2/c16-10-12-8-11-9-14(5-1-2-6-15(11)12)20(17,18)13-4-3-7-19-13/h3-4,7,11-12,16H,1-2,5-6,8-10H2/t11-,12+/m1/s1. The van der Waals surface area contributed by atoms with Crippen molar-refractivity contribution >= 4 is 21.4 Å². The maximum atomic E-state index is 12.6. The average molecular weight is 316 g/mol. The van der Waals surface area contributed by atoms with Gasteiger partial charge in [0.15, 0.2) is 0 Å². The zero-order valence-corrected chi connectivity index (χ0v) is 12.9. The zero-order valence-electron chi connectivity index (χ0n) is 11.3. The summed E-state index contributed by atoms with van der Waals surface area (Å²) in [5.74, 6) is 0. The van der Waals surface area contributed by atoms with Crippen LogP contribution in [0, 0.1) is 0 Å². The number of aliphatic hydroxyl groups excluding tert-OH is 1. The maximum absolute atomic E-state index is 12.6. The topological polar surface area (TPSA) is 60.9 Å². The summed E-state index contributed by atoms with van der Waals surface area (Å²) in [4.78, 5) is 2.26. The molecule has 0 amide bonds. The highest BCUT2D eigenvalue weighted by Crippen LogP contribution is 2.31. The Bertz CT molecular complexity index is 544. The SMILES string of the molecule is O=S(=O)(c1cccs1)N1CCCCN2[C@H](CO)C[C@@H]2C1. The molecule has 0 bridgehead atoms. The van der Waals surface area contributed by atoms with Gasteiger partial charge in [-0.2, -0.15) is 4.31 Å². The summed E-state index contributed by atoms with van der Waals surface area (Å²) in [5.41, 5.74) is 0. The highest BCUT2D eigenvalue weighted by atomic mass is 32.2. The molecule has 1 aromatic heterocycles. The molecule has 0 saturated carbocycles. The molecule has 2 atom stereocenters. The van der Waals surface area contributed by atoms with Crippen molar-refractivity contribution in [1.29, 1.82) is 0 Å². The van der Waals surface area contributed by atoms with Crippen molar-refractivity contribution in [3.8, 4) is 0 Å². The van der Waals surface area contributed by atoms with Gasteiger partial charge in [0.1, 0.15) is 4.21 Å². The molecular formula is C13H20N2O3S2. The molecule has 7 heteroatoms. The van der Waals surface area contributed by atoms with Gasteiger partial charge >= 0.3 is 0 Å². The minimum atomic E-state index is -3.34. The summed E-state index contributed by atoms with van der Waals surface area (Å²) in [6, 6.07) is 3.94. The lowest BCUT2D eigenvalue weighted by Crippen LogP contribution is -2.62. The van der Waals surface area contributed by atoms with Crippen LogP contribution in [0.3, 0.4) is 0 Å². The molecule has 2 aliphatic rings. The molecule has 3 heterocycles. The Labute approximate surface area is 123 Å². The monoisotopic (exact) mass is 316 g/mol. The smallest absolute Gasteiger partial charge is 0.252 e. The van der Waals surface area contributed by atoms with E-state index < -0.39 is 10.0 Å². The van der Waals surface area contributed by atoms with Crippen molar-refractivity contribution in [2.24, 2.45) is 0 Å². The van der Waals surface area contributed by atoms with Crippen LogP contribution in [-0.2, 0) is 10.0 Å². The first-order valence-electron chi connectivity index (χ1n) is 7.03. The van der Waals surface area contributed by atoms with Crippen molar-refractivity contribution in [3.05, 3.63) is 17.5 Å². The molecule has 2 saturated heterocycles. The zero-order chi connectivity index (χ0) is 14.2. The van der Waals surface area contributed by atoms with E-state index in [1.165, 1.54) is 11.3 Å². The van der Waals surface area contributed by atoms with Crippen molar-refractivity contribution in [2.75, 3.05) is 26.2 Å². The van der Waals surface area contributed by atoms with Crippen molar-refractivity contribution in [1.82, 2.24) is 9.21 Å². The molecule has 5 nitrogen and oxygen atoms in total. The second-order valence-electron chi connectivity index (χ2n) is 5.47. The largest absolute Gasteiger partial charge is 0.395 e. The van der Waals surface area contributed by atoms with Crippen LogP contribution in [0.2, 0.25) is 0 Å². The Hall–Kier alpha value is -0.470. The van der Waals surface area contributed by atoms with Gasteiger partial charge in [-0.1, -0.05) is 6.07 Å². The number of thiophene rings is 1. The quantitative estimate of drug-likeness (QED) is 0.902. The number of hydrogen-bond donors (Lipinski definition) is 1. The fourth-order valence-electron chi connectivity index (χ4n) is 3.13. The van der Waals surface area contributed by atoms with E-state index in [-0.39, 0.29) is 18.7 Å². The van der Waals surface area contributed by atoms with E-state index in [1.807, 2.05) is 0 Å². The van der Waals surface area contributed by atoms with E-state index in [0.29, 0.717) is 17.3 Å². The van der Waals surface area contributed by atoms with Gasteiger partial charge in [-0.25, -0.2) is 8.42 Å². The Morgan fingerprint density at radius 2 is 2.15 bits per heavy atom. The van der Waals surface area contributed by atoms with Crippen molar-refractivity contribution < 1.29 is 13.5 Å². The Balaban J connectivity index is 1.77. The molecule has 1 N–H and O–H groups in total. The van der Waals surface area contributed by atoms with Crippen LogP contribution in [0.25, 0.3) is 0 Å². The van der Waals surface area contributed by atoms with E-state index in [9.17, 15) is 13.5 Å². The number of fused-ring (bicyclic) bond motifs is 1. The first-order valence-corrected chi connectivity index (χ1v) is 9.35. The fourth-order valence-corrected chi connectivity index (χ4v) is 5.79. The van der Waals surface area contributed by atoms with Gasteiger partial charge in [0.2, 0.25) is 0 Å². The van der Waals surface area contributed by atoms with E-state index >= 15 is 0 Å². The number of hydrogen-bond acceptors (Lipinski definition) is 5. The number of nitrogens with zero attached hydrogens (tertiary/aromatic N) is 2. The molecule has 0 aliphatic carbocycles.